The first-order valence-electron chi connectivity index (χ1n) is 5.26. The van der Waals surface area contributed by atoms with E-state index >= 15 is 0 Å². The minimum atomic E-state index is -0.154. The van der Waals surface area contributed by atoms with E-state index in [4.69, 9.17) is 10.5 Å². The summed E-state index contributed by atoms with van der Waals surface area (Å²) < 4.78 is 5.49. The molecule has 5 nitrogen and oxygen atoms in total. The van der Waals surface area contributed by atoms with Gasteiger partial charge in [0.2, 0.25) is 0 Å². The molecule has 17 heavy (non-hydrogen) atoms. The van der Waals surface area contributed by atoms with Crippen molar-refractivity contribution >= 4 is 5.69 Å². The summed E-state index contributed by atoms with van der Waals surface area (Å²) in [5.41, 5.74) is 6.13. The number of nitrogens with one attached hydrogen (secondary N) is 1. The first kappa shape index (κ1) is 11.2. The Hall–Kier alpha value is -2.30. The first-order valence-corrected chi connectivity index (χ1v) is 5.26. The van der Waals surface area contributed by atoms with E-state index in [2.05, 4.69) is 9.97 Å². The van der Waals surface area contributed by atoms with Crippen LogP contribution in [0.3, 0.4) is 0 Å². The molecule has 0 fully saturated rings. The quantitative estimate of drug-likeness (QED) is 0.768. The molecule has 1 heterocycles. The number of aromatic nitrogens is 2. The number of rotatable bonds is 4. The number of anilines is 1. The maximum Gasteiger partial charge on any atom is 0.250 e. The van der Waals surface area contributed by atoms with E-state index in [9.17, 15) is 4.79 Å². The molecule has 1 aromatic carbocycles. The lowest BCUT2D eigenvalue weighted by molar-refractivity contribution is 0.319. The van der Waals surface area contributed by atoms with E-state index in [0.29, 0.717) is 30.3 Å². The van der Waals surface area contributed by atoms with Gasteiger partial charge in [0.15, 0.2) is 0 Å². The van der Waals surface area contributed by atoms with Crippen LogP contribution >= 0.6 is 0 Å². The summed E-state index contributed by atoms with van der Waals surface area (Å²) in [6, 6.07) is 8.58. The van der Waals surface area contributed by atoms with Crippen LogP contribution in [0.1, 0.15) is 5.82 Å². The number of nitrogens with zero attached hydrogens (tertiary/aromatic N) is 1. The Kier molecular flexibility index (Phi) is 3.40. The molecule has 0 atom stereocenters. The molecule has 0 bridgehead atoms. The van der Waals surface area contributed by atoms with E-state index in [0.717, 1.165) is 0 Å². The molecule has 0 aliphatic carbocycles. The monoisotopic (exact) mass is 231 g/mol. The maximum atomic E-state index is 11.0. The highest BCUT2D eigenvalue weighted by molar-refractivity contribution is 5.43. The first-order chi connectivity index (χ1) is 8.24. The molecule has 2 aromatic rings. The number of hydrogen-bond acceptors (Lipinski definition) is 4. The Bertz CT molecular complexity index is 551. The smallest absolute Gasteiger partial charge is 0.250 e. The van der Waals surface area contributed by atoms with Crippen LogP contribution in [0, 0.1) is 0 Å². The average Bonchev–Trinajstić information content (AvgIpc) is 2.29. The normalized spacial score (nSPS) is 10.1. The molecular formula is C12H13N3O2. The van der Waals surface area contributed by atoms with Crippen LogP contribution in [0.2, 0.25) is 0 Å². The zero-order chi connectivity index (χ0) is 12.1. The third-order valence-electron chi connectivity index (χ3n) is 2.19. The third-order valence-corrected chi connectivity index (χ3v) is 2.19. The summed E-state index contributed by atoms with van der Waals surface area (Å²) in [7, 11) is 0. The number of nitrogen functional groups attached to an aromatic ring is 1. The summed E-state index contributed by atoms with van der Waals surface area (Å²) in [6.45, 7) is 0.441. The van der Waals surface area contributed by atoms with Crippen LogP contribution < -0.4 is 16.0 Å². The van der Waals surface area contributed by atoms with E-state index in [1.165, 1.54) is 12.3 Å². The molecule has 88 valence electrons. The topological polar surface area (TPSA) is 81.0 Å². The summed E-state index contributed by atoms with van der Waals surface area (Å²) in [5, 5.41) is 0. The van der Waals surface area contributed by atoms with E-state index in [1.54, 1.807) is 12.1 Å². The molecule has 0 spiro atoms. The van der Waals surface area contributed by atoms with Crippen molar-refractivity contribution in [2.45, 2.75) is 6.42 Å². The van der Waals surface area contributed by atoms with E-state index < -0.39 is 0 Å². The number of H-pyrrole nitrogens is 1. The molecule has 0 aliphatic rings. The van der Waals surface area contributed by atoms with Crippen LogP contribution in [0.25, 0.3) is 0 Å². The van der Waals surface area contributed by atoms with Crippen molar-refractivity contribution in [3.63, 3.8) is 0 Å². The van der Waals surface area contributed by atoms with Gasteiger partial charge in [0.05, 0.1) is 6.61 Å². The molecule has 0 aliphatic heterocycles. The predicted molar refractivity (Wildman–Crippen MR) is 64.9 cm³/mol. The van der Waals surface area contributed by atoms with Gasteiger partial charge < -0.3 is 15.5 Å². The molecule has 3 N–H and O–H groups in total. The van der Waals surface area contributed by atoms with Crippen molar-refractivity contribution in [1.29, 1.82) is 0 Å². The molecule has 0 radical (unpaired) electrons. The van der Waals surface area contributed by atoms with E-state index in [-0.39, 0.29) is 5.56 Å². The van der Waals surface area contributed by atoms with Crippen LogP contribution in [0.4, 0.5) is 5.69 Å². The molecular weight excluding hydrogens is 218 g/mol. The number of hydrogen-bond donors (Lipinski definition) is 2. The summed E-state index contributed by atoms with van der Waals surface area (Å²) in [5.74, 6) is 1.32. The standard InChI is InChI=1S/C12H13N3O2/c13-9-2-1-3-10(8-9)17-7-5-11-14-6-4-12(16)15-11/h1-4,6,8H,5,7,13H2,(H,14,15,16). The largest absolute Gasteiger partial charge is 0.493 e. The molecule has 0 saturated carbocycles. The van der Waals surface area contributed by atoms with Gasteiger partial charge in [-0.15, -0.1) is 0 Å². The zero-order valence-corrected chi connectivity index (χ0v) is 9.22. The summed E-state index contributed by atoms with van der Waals surface area (Å²) in [4.78, 5) is 17.7. The summed E-state index contributed by atoms with van der Waals surface area (Å²) in [6.07, 6.45) is 2.03. The minimum Gasteiger partial charge on any atom is -0.493 e. The van der Waals surface area contributed by atoms with Crippen molar-refractivity contribution in [3.8, 4) is 5.75 Å². The SMILES string of the molecule is Nc1cccc(OCCc2nccc(=O)[nH]2)c1. The third kappa shape index (κ3) is 3.34. The molecule has 0 amide bonds. The van der Waals surface area contributed by atoms with Crippen LogP contribution in [0.15, 0.2) is 41.3 Å². The van der Waals surface area contributed by atoms with Gasteiger partial charge in [0.25, 0.3) is 5.56 Å². The van der Waals surface area contributed by atoms with Gasteiger partial charge in [-0.2, -0.15) is 0 Å². The van der Waals surface area contributed by atoms with Gasteiger partial charge in [0.1, 0.15) is 11.6 Å². The highest BCUT2D eigenvalue weighted by atomic mass is 16.5. The van der Waals surface area contributed by atoms with Gasteiger partial charge in [-0.1, -0.05) is 6.07 Å². The van der Waals surface area contributed by atoms with Gasteiger partial charge in [-0.3, -0.25) is 4.79 Å². The molecule has 1 aromatic heterocycles. The molecule has 0 saturated heterocycles. The predicted octanol–water partition coefficient (Wildman–Crippen LogP) is 0.974. The number of nitrogens with two attached hydrogens (primary N) is 1. The van der Waals surface area contributed by atoms with Gasteiger partial charge in [-0.05, 0) is 12.1 Å². The Balaban J connectivity index is 1.90. The van der Waals surface area contributed by atoms with Gasteiger partial charge in [-0.25, -0.2) is 4.98 Å². The highest BCUT2D eigenvalue weighted by Crippen LogP contribution is 2.14. The minimum absolute atomic E-state index is 0.154. The van der Waals surface area contributed by atoms with Gasteiger partial charge >= 0.3 is 0 Å². The summed E-state index contributed by atoms with van der Waals surface area (Å²) >= 11 is 0. The average molecular weight is 231 g/mol. The van der Waals surface area contributed by atoms with E-state index in [1.807, 2.05) is 12.1 Å². The fourth-order valence-electron chi connectivity index (χ4n) is 1.41. The molecule has 0 unspecified atom stereocenters. The highest BCUT2D eigenvalue weighted by Gasteiger charge is 1.97. The van der Waals surface area contributed by atoms with Gasteiger partial charge in [0, 0.05) is 30.4 Å². The Morgan fingerprint density at radius 2 is 2.24 bits per heavy atom. The van der Waals surface area contributed by atoms with Crippen molar-refractivity contribution in [3.05, 3.63) is 52.7 Å². The second kappa shape index (κ2) is 5.16. The number of ether oxygens (including phenoxy) is 1. The Labute approximate surface area is 98.3 Å². The van der Waals surface area contributed by atoms with Crippen molar-refractivity contribution < 1.29 is 4.74 Å². The van der Waals surface area contributed by atoms with Crippen LogP contribution in [0.5, 0.6) is 5.75 Å². The lowest BCUT2D eigenvalue weighted by Gasteiger charge is -2.05. The second-order valence-corrected chi connectivity index (χ2v) is 3.55. The number of benzene rings is 1. The Morgan fingerprint density at radius 3 is 3.00 bits per heavy atom. The molecule has 2 rings (SSSR count). The fraction of sp³-hybridized carbons (Fsp3) is 0.167. The lowest BCUT2D eigenvalue weighted by atomic mass is 10.3. The lowest BCUT2D eigenvalue weighted by Crippen LogP contribution is -2.12. The van der Waals surface area contributed by atoms with Crippen molar-refractivity contribution in [2.24, 2.45) is 0 Å². The van der Waals surface area contributed by atoms with Crippen LogP contribution in [-0.4, -0.2) is 16.6 Å². The van der Waals surface area contributed by atoms with Crippen molar-refractivity contribution in [2.75, 3.05) is 12.3 Å². The zero-order valence-electron chi connectivity index (χ0n) is 9.22. The second-order valence-electron chi connectivity index (χ2n) is 3.55. The fourth-order valence-corrected chi connectivity index (χ4v) is 1.41. The van der Waals surface area contributed by atoms with Crippen molar-refractivity contribution in [1.82, 2.24) is 9.97 Å². The number of aromatic amines is 1. The Morgan fingerprint density at radius 1 is 1.35 bits per heavy atom. The molecule has 5 heteroatoms. The maximum absolute atomic E-state index is 11.0. The van der Waals surface area contributed by atoms with Crippen LogP contribution in [-0.2, 0) is 6.42 Å².